The zero-order valence-corrected chi connectivity index (χ0v) is 14.4. The van der Waals surface area contributed by atoms with Gasteiger partial charge in [-0.1, -0.05) is 30.3 Å². The van der Waals surface area contributed by atoms with Crippen LogP contribution < -0.4 is 5.43 Å². The van der Waals surface area contributed by atoms with E-state index in [0.717, 1.165) is 31.7 Å². The summed E-state index contributed by atoms with van der Waals surface area (Å²) < 4.78 is 1.11. The van der Waals surface area contributed by atoms with Crippen molar-refractivity contribution in [3.8, 4) is 0 Å². The van der Waals surface area contributed by atoms with Crippen LogP contribution in [0.2, 0.25) is 0 Å². The zero-order chi connectivity index (χ0) is 17.2. The minimum absolute atomic E-state index is 0.148. The summed E-state index contributed by atoms with van der Waals surface area (Å²) in [6.07, 6.45) is 2.15. The number of aromatic nitrogens is 2. The number of hydrogen-bond acceptors (Lipinski definition) is 4. The lowest BCUT2D eigenvalue weighted by Crippen LogP contribution is -2.21. The van der Waals surface area contributed by atoms with Gasteiger partial charge in [0, 0.05) is 17.1 Å². The van der Waals surface area contributed by atoms with Gasteiger partial charge in [0.05, 0.1) is 22.3 Å². The van der Waals surface area contributed by atoms with Crippen molar-refractivity contribution >= 4 is 44.1 Å². The van der Waals surface area contributed by atoms with Crippen LogP contribution in [0.3, 0.4) is 0 Å². The SMILES string of the molecule is C/C(=N\NC(=O)Cc1c[nH]c2ccccc12)c1nc2ccccc2s1. The molecule has 0 unspecified atom stereocenters. The second-order valence-electron chi connectivity index (χ2n) is 5.76. The van der Waals surface area contributed by atoms with Crippen LogP contribution >= 0.6 is 11.3 Å². The van der Waals surface area contributed by atoms with Gasteiger partial charge in [-0.05, 0) is 30.7 Å². The third-order valence-corrected chi connectivity index (χ3v) is 5.12. The van der Waals surface area contributed by atoms with Gasteiger partial charge in [-0.25, -0.2) is 10.4 Å². The highest BCUT2D eigenvalue weighted by molar-refractivity contribution is 7.20. The zero-order valence-electron chi connectivity index (χ0n) is 13.6. The van der Waals surface area contributed by atoms with Crippen molar-refractivity contribution in [2.45, 2.75) is 13.3 Å². The predicted octanol–water partition coefficient (Wildman–Crippen LogP) is 3.86. The summed E-state index contributed by atoms with van der Waals surface area (Å²) in [5.41, 5.74) is 6.27. The van der Waals surface area contributed by atoms with E-state index in [1.165, 1.54) is 0 Å². The summed E-state index contributed by atoms with van der Waals surface area (Å²) in [6.45, 7) is 1.85. The van der Waals surface area contributed by atoms with Gasteiger partial charge in [-0.3, -0.25) is 4.79 Å². The number of para-hydroxylation sites is 2. The number of H-pyrrole nitrogens is 1. The number of fused-ring (bicyclic) bond motifs is 2. The molecule has 0 aliphatic heterocycles. The van der Waals surface area contributed by atoms with Crippen molar-refractivity contribution in [1.82, 2.24) is 15.4 Å². The molecule has 2 aromatic carbocycles. The van der Waals surface area contributed by atoms with Gasteiger partial charge in [0.1, 0.15) is 5.01 Å². The highest BCUT2D eigenvalue weighted by Gasteiger charge is 2.09. The molecule has 1 amide bonds. The summed E-state index contributed by atoms with van der Waals surface area (Å²) in [5.74, 6) is -0.148. The smallest absolute Gasteiger partial charge is 0.244 e. The molecule has 0 saturated heterocycles. The molecule has 6 heteroatoms. The van der Waals surface area contributed by atoms with E-state index in [1.807, 2.05) is 61.7 Å². The highest BCUT2D eigenvalue weighted by atomic mass is 32.1. The molecule has 2 heterocycles. The van der Waals surface area contributed by atoms with Crippen molar-refractivity contribution in [1.29, 1.82) is 0 Å². The van der Waals surface area contributed by atoms with Crippen LogP contribution in [0.25, 0.3) is 21.1 Å². The number of carbonyl (C=O) groups excluding carboxylic acids is 1. The first-order valence-corrected chi connectivity index (χ1v) is 8.76. The molecule has 0 bridgehead atoms. The number of carbonyl (C=O) groups is 1. The van der Waals surface area contributed by atoms with Crippen LogP contribution in [0.15, 0.2) is 59.8 Å². The number of nitrogens with zero attached hydrogens (tertiary/aromatic N) is 2. The van der Waals surface area contributed by atoms with E-state index in [4.69, 9.17) is 0 Å². The lowest BCUT2D eigenvalue weighted by Gasteiger charge is -2.00. The first kappa shape index (κ1) is 15.5. The third-order valence-electron chi connectivity index (χ3n) is 3.98. The summed E-state index contributed by atoms with van der Waals surface area (Å²) in [5, 5.41) is 6.08. The molecule has 4 aromatic rings. The number of benzene rings is 2. The molecule has 2 N–H and O–H groups in total. The van der Waals surface area contributed by atoms with Gasteiger partial charge in [0.15, 0.2) is 0 Å². The van der Waals surface area contributed by atoms with Gasteiger partial charge in [0.25, 0.3) is 0 Å². The summed E-state index contributed by atoms with van der Waals surface area (Å²) in [6, 6.07) is 15.9. The molecular weight excluding hydrogens is 332 g/mol. The average molecular weight is 348 g/mol. The maximum atomic E-state index is 12.2. The van der Waals surface area contributed by atoms with Gasteiger partial charge >= 0.3 is 0 Å². The Bertz CT molecular complexity index is 1060. The molecule has 0 saturated carbocycles. The molecule has 0 atom stereocenters. The Morgan fingerprint density at radius 3 is 2.88 bits per heavy atom. The van der Waals surface area contributed by atoms with Gasteiger partial charge < -0.3 is 4.98 Å². The quantitative estimate of drug-likeness (QED) is 0.434. The fourth-order valence-corrected chi connectivity index (χ4v) is 3.62. The summed E-state index contributed by atoms with van der Waals surface area (Å²) in [7, 11) is 0. The van der Waals surface area contributed by atoms with E-state index >= 15 is 0 Å². The first-order valence-electron chi connectivity index (χ1n) is 7.95. The largest absolute Gasteiger partial charge is 0.361 e. The van der Waals surface area contributed by atoms with E-state index in [-0.39, 0.29) is 12.3 Å². The lowest BCUT2D eigenvalue weighted by molar-refractivity contribution is -0.120. The van der Waals surface area contributed by atoms with Crippen molar-refractivity contribution in [3.63, 3.8) is 0 Å². The molecule has 0 spiro atoms. The summed E-state index contributed by atoms with van der Waals surface area (Å²) >= 11 is 1.57. The number of hydrogen-bond donors (Lipinski definition) is 2. The van der Waals surface area contributed by atoms with Crippen molar-refractivity contribution < 1.29 is 4.79 Å². The molecule has 0 radical (unpaired) electrons. The Labute approximate surface area is 148 Å². The van der Waals surface area contributed by atoms with E-state index in [0.29, 0.717) is 5.71 Å². The van der Waals surface area contributed by atoms with Crippen molar-refractivity contribution in [3.05, 3.63) is 65.3 Å². The molecule has 4 rings (SSSR count). The van der Waals surface area contributed by atoms with Gasteiger partial charge in [-0.2, -0.15) is 5.10 Å². The lowest BCUT2D eigenvalue weighted by atomic mass is 10.1. The Kier molecular flexibility index (Phi) is 4.03. The Morgan fingerprint density at radius 2 is 2.00 bits per heavy atom. The molecule has 5 nitrogen and oxygen atoms in total. The minimum atomic E-state index is -0.148. The molecule has 124 valence electrons. The minimum Gasteiger partial charge on any atom is -0.361 e. The average Bonchev–Trinajstić information content (AvgIpc) is 3.24. The first-order chi connectivity index (χ1) is 12.2. The Morgan fingerprint density at radius 1 is 1.20 bits per heavy atom. The molecule has 0 aliphatic carbocycles. The van der Waals surface area contributed by atoms with Crippen LogP contribution in [0.5, 0.6) is 0 Å². The second-order valence-corrected chi connectivity index (χ2v) is 6.79. The number of nitrogens with one attached hydrogen (secondary N) is 2. The van der Waals surface area contributed by atoms with Crippen LogP contribution in [0, 0.1) is 0 Å². The number of aromatic amines is 1. The van der Waals surface area contributed by atoms with Gasteiger partial charge in [0.2, 0.25) is 5.91 Å². The van der Waals surface area contributed by atoms with E-state index < -0.39 is 0 Å². The third kappa shape index (κ3) is 3.16. The predicted molar refractivity (Wildman–Crippen MR) is 102 cm³/mol. The Hall–Kier alpha value is -2.99. The van der Waals surface area contributed by atoms with Crippen LogP contribution in [-0.4, -0.2) is 21.6 Å². The van der Waals surface area contributed by atoms with E-state index in [1.54, 1.807) is 11.3 Å². The molecule has 25 heavy (non-hydrogen) atoms. The van der Waals surface area contributed by atoms with Crippen molar-refractivity contribution in [2.75, 3.05) is 0 Å². The molecule has 2 aromatic heterocycles. The number of hydrazone groups is 1. The fraction of sp³-hybridized carbons (Fsp3) is 0.105. The summed E-state index contributed by atoms with van der Waals surface area (Å²) in [4.78, 5) is 19.9. The van der Waals surface area contributed by atoms with Crippen LogP contribution in [0.4, 0.5) is 0 Å². The maximum Gasteiger partial charge on any atom is 0.244 e. The van der Waals surface area contributed by atoms with Crippen molar-refractivity contribution in [2.24, 2.45) is 5.10 Å². The Balaban J connectivity index is 1.47. The van der Waals surface area contributed by atoms with E-state index in [2.05, 4.69) is 20.5 Å². The number of thiazole rings is 1. The number of amides is 1. The highest BCUT2D eigenvalue weighted by Crippen LogP contribution is 2.22. The second kappa shape index (κ2) is 6.49. The monoisotopic (exact) mass is 348 g/mol. The molecule has 0 fully saturated rings. The molecular formula is C19H16N4OS. The normalized spacial score (nSPS) is 12.0. The molecule has 0 aliphatic rings. The standard InChI is InChI=1S/C19H16N4OS/c1-12(19-21-16-8-4-5-9-17(16)25-19)22-23-18(24)10-13-11-20-15-7-3-2-6-14(13)15/h2-9,11,20H,10H2,1H3,(H,23,24)/b22-12+. The topological polar surface area (TPSA) is 70.1 Å². The van der Waals surface area contributed by atoms with Gasteiger partial charge in [-0.15, -0.1) is 11.3 Å². The number of rotatable bonds is 4. The fourth-order valence-electron chi connectivity index (χ4n) is 2.71. The van der Waals surface area contributed by atoms with Crippen LogP contribution in [-0.2, 0) is 11.2 Å². The van der Waals surface area contributed by atoms with Crippen LogP contribution in [0.1, 0.15) is 17.5 Å². The van der Waals surface area contributed by atoms with E-state index in [9.17, 15) is 4.79 Å². The maximum absolute atomic E-state index is 12.2.